The van der Waals surface area contributed by atoms with Crippen molar-refractivity contribution >= 4 is 0 Å². The summed E-state index contributed by atoms with van der Waals surface area (Å²) in [5.41, 5.74) is 10.2. The van der Waals surface area contributed by atoms with Gasteiger partial charge in [-0.2, -0.15) is 0 Å². The number of hydrogen-bond donors (Lipinski definition) is 2. The van der Waals surface area contributed by atoms with E-state index in [1.807, 2.05) is 0 Å². The molecule has 0 heterocycles. The molecule has 0 amide bonds. The Kier molecular flexibility index (Phi) is 5.21. The van der Waals surface area contributed by atoms with Gasteiger partial charge >= 0.3 is 0 Å². The van der Waals surface area contributed by atoms with E-state index in [-0.39, 0.29) is 0 Å². The zero-order valence-electron chi connectivity index (χ0n) is 11.5. The smallest absolute Gasteiger partial charge is 0.000823 e. The molecular formula is C16H26N2. The van der Waals surface area contributed by atoms with E-state index in [2.05, 4.69) is 30.4 Å². The summed E-state index contributed by atoms with van der Waals surface area (Å²) >= 11 is 0. The quantitative estimate of drug-likeness (QED) is 0.756. The van der Waals surface area contributed by atoms with Crippen LogP contribution in [0.15, 0.2) is 18.2 Å². The topological polar surface area (TPSA) is 38.0 Å². The first-order valence-electron chi connectivity index (χ1n) is 7.31. The lowest BCUT2D eigenvalue weighted by atomic mass is 9.90. The lowest BCUT2D eigenvalue weighted by Gasteiger charge is -2.17. The number of nitrogens with one attached hydrogen (secondary N) is 1. The number of rotatable bonds is 6. The van der Waals surface area contributed by atoms with Crippen LogP contribution >= 0.6 is 0 Å². The van der Waals surface area contributed by atoms with Crippen molar-refractivity contribution in [1.82, 2.24) is 5.32 Å². The van der Waals surface area contributed by atoms with Crippen LogP contribution < -0.4 is 11.1 Å². The van der Waals surface area contributed by atoms with E-state index in [9.17, 15) is 0 Å². The molecule has 0 fully saturated rings. The van der Waals surface area contributed by atoms with Gasteiger partial charge in [-0.25, -0.2) is 0 Å². The molecule has 0 aliphatic heterocycles. The number of fused-ring (bicyclic) bond motifs is 1. The third kappa shape index (κ3) is 3.82. The van der Waals surface area contributed by atoms with Gasteiger partial charge in [-0.3, -0.25) is 0 Å². The molecule has 1 aliphatic carbocycles. The molecule has 0 spiro atoms. The van der Waals surface area contributed by atoms with Gasteiger partial charge in [0.15, 0.2) is 0 Å². The van der Waals surface area contributed by atoms with Gasteiger partial charge in [-0.1, -0.05) is 25.1 Å². The molecule has 0 saturated heterocycles. The molecule has 2 nitrogen and oxygen atoms in total. The Balaban J connectivity index is 1.79. The summed E-state index contributed by atoms with van der Waals surface area (Å²) in [4.78, 5) is 0. The average Bonchev–Trinajstić information content (AvgIpc) is 2.43. The highest BCUT2D eigenvalue weighted by atomic mass is 14.9. The highest BCUT2D eigenvalue weighted by molar-refractivity contribution is 5.33. The van der Waals surface area contributed by atoms with E-state index in [0.29, 0.717) is 5.92 Å². The first-order chi connectivity index (χ1) is 8.79. The Morgan fingerprint density at radius 1 is 1.22 bits per heavy atom. The highest BCUT2D eigenvalue weighted by Crippen LogP contribution is 2.22. The summed E-state index contributed by atoms with van der Waals surface area (Å²) in [6.45, 7) is 5.04. The highest BCUT2D eigenvalue weighted by Gasteiger charge is 2.09. The SMILES string of the molecule is CC(CN)CNCCc1ccc2c(c1)CCCC2. The maximum atomic E-state index is 5.60. The van der Waals surface area contributed by atoms with Gasteiger partial charge in [0.1, 0.15) is 0 Å². The number of aryl methyl sites for hydroxylation is 2. The zero-order chi connectivity index (χ0) is 12.8. The van der Waals surface area contributed by atoms with Crippen molar-refractivity contribution in [2.24, 2.45) is 11.7 Å². The van der Waals surface area contributed by atoms with E-state index < -0.39 is 0 Å². The van der Waals surface area contributed by atoms with Crippen LogP contribution in [-0.4, -0.2) is 19.6 Å². The van der Waals surface area contributed by atoms with Crippen LogP contribution in [0.1, 0.15) is 36.5 Å². The summed E-state index contributed by atoms with van der Waals surface area (Å²) in [6.07, 6.45) is 6.42. The van der Waals surface area contributed by atoms with Gasteiger partial charge in [0, 0.05) is 0 Å². The van der Waals surface area contributed by atoms with Crippen molar-refractivity contribution in [3.63, 3.8) is 0 Å². The van der Waals surface area contributed by atoms with E-state index in [1.165, 1.54) is 31.2 Å². The molecule has 1 unspecified atom stereocenters. The summed E-state index contributed by atoms with van der Waals surface area (Å²) in [7, 11) is 0. The minimum atomic E-state index is 0.577. The zero-order valence-corrected chi connectivity index (χ0v) is 11.5. The molecule has 2 rings (SSSR count). The lowest BCUT2D eigenvalue weighted by molar-refractivity contribution is 0.524. The van der Waals surface area contributed by atoms with Crippen molar-refractivity contribution in [3.8, 4) is 0 Å². The van der Waals surface area contributed by atoms with Gasteiger partial charge in [-0.05, 0) is 74.3 Å². The van der Waals surface area contributed by atoms with E-state index >= 15 is 0 Å². The summed E-state index contributed by atoms with van der Waals surface area (Å²) in [5, 5.41) is 3.48. The monoisotopic (exact) mass is 246 g/mol. The van der Waals surface area contributed by atoms with Gasteiger partial charge in [0.2, 0.25) is 0 Å². The molecule has 1 atom stereocenters. The predicted octanol–water partition coefficient (Wildman–Crippen LogP) is 2.29. The molecule has 18 heavy (non-hydrogen) atoms. The third-order valence-electron chi connectivity index (χ3n) is 3.90. The number of nitrogens with two attached hydrogens (primary N) is 1. The first-order valence-corrected chi connectivity index (χ1v) is 7.31. The van der Waals surface area contributed by atoms with Crippen LogP contribution in [0.4, 0.5) is 0 Å². The Morgan fingerprint density at radius 2 is 2.00 bits per heavy atom. The second-order valence-electron chi connectivity index (χ2n) is 5.61. The Hall–Kier alpha value is -0.860. The molecule has 0 aromatic heterocycles. The van der Waals surface area contributed by atoms with Crippen molar-refractivity contribution in [1.29, 1.82) is 0 Å². The van der Waals surface area contributed by atoms with Crippen LogP contribution in [0.3, 0.4) is 0 Å². The molecule has 100 valence electrons. The van der Waals surface area contributed by atoms with Gasteiger partial charge in [0.05, 0.1) is 0 Å². The predicted molar refractivity (Wildman–Crippen MR) is 77.9 cm³/mol. The van der Waals surface area contributed by atoms with Crippen molar-refractivity contribution in [3.05, 3.63) is 34.9 Å². The van der Waals surface area contributed by atoms with Crippen molar-refractivity contribution in [2.45, 2.75) is 39.0 Å². The van der Waals surface area contributed by atoms with E-state index in [4.69, 9.17) is 5.73 Å². The third-order valence-corrected chi connectivity index (χ3v) is 3.90. The van der Waals surface area contributed by atoms with Crippen LogP contribution in [0.25, 0.3) is 0 Å². The normalized spacial score (nSPS) is 16.3. The summed E-state index contributed by atoms with van der Waals surface area (Å²) in [5.74, 6) is 0.577. The van der Waals surface area contributed by atoms with Crippen LogP contribution in [-0.2, 0) is 19.3 Å². The second kappa shape index (κ2) is 6.91. The Bertz CT molecular complexity index is 373. The molecule has 1 aromatic carbocycles. The number of hydrogen-bond acceptors (Lipinski definition) is 2. The van der Waals surface area contributed by atoms with E-state index in [0.717, 1.165) is 26.1 Å². The first kappa shape index (κ1) is 13.6. The molecule has 3 N–H and O–H groups in total. The molecule has 1 aliphatic rings. The standard InChI is InChI=1S/C16H26N2/c1-13(11-17)12-18-9-8-14-6-7-15-4-2-3-5-16(15)10-14/h6-7,10,13,18H,2-5,8-9,11-12,17H2,1H3. The van der Waals surface area contributed by atoms with Gasteiger partial charge in [0.25, 0.3) is 0 Å². The fourth-order valence-corrected chi connectivity index (χ4v) is 2.61. The van der Waals surface area contributed by atoms with Crippen molar-refractivity contribution < 1.29 is 0 Å². The molecular weight excluding hydrogens is 220 g/mol. The minimum Gasteiger partial charge on any atom is -0.330 e. The lowest BCUT2D eigenvalue weighted by Crippen LogP contribution is -2.27. The molecule has 1 aromatic rings. The fraction of sp³-hybridized carbons (Fsp3) is 0.625. The van der Waals surface area contributed by atoms with Crippen LogP contribution in [0.2, 0.25) is 0 Å². The summed E-state index contributed by atoms with van der Waals surface area (Å²) < 4.78 is 0. The minimum absolute atomic E-state index is 0.577. The van der Waals surface area contributed by atoms with Crippen molar-refractivity contribution in [2.75, 3.05) is 19.6 Å². The Labute approximate surface area is 111 Å². The molecule has 2 heteroatoms. The van der Waals surface area contributed by atoms with Crippen LogP contribution in [0.5, 0.6) is 0 Å². The van der Waals surface area contributed by atoms with Gasteiger partial charge < -0.3 is 11.1 Å². The number of benzene rings is 1. The maximum absolute atomic E-state index is 5.60. The molecule has 0 saturated carbocycles. The largest absolute Gasteiger partial charge is 0.330 e. The fourth-order valence-electron chi connectivity index (χ4n) is 2.61. The maximum Gasteiger partial charge on any atom is -0.000823 e. The molecule has 0 bridgehead atoms. The Morgan fingerprint density at radius 3 is 2.78 bits per heavy atom. The van der Waals surface area contributed by atoms with E-state index in [1.54, 1.807) is 11.1 Å². The van der Waals surface area contributed by atoms with Gasteiger partial charge in [-0.15, -0.1) is 0 Å². The van der Waals surface area contributed by atoms with Crippen LogP contribution in [0, 0.1) is 5.92 Å². The summed E-state index contributed by atoms with van der Waals surface area (Å²) in [6, 6.07) is 7.06. The molecule has 0 radical (unpaired) electrons. The second-order valence-corrected chi connectivity index (χ2v) is 5.61. The average molecular weight is 246 g/mol.